The van der Waals surface area contributed by atoms with Crippen molar-refractivity contribution in [3.05, 3.63) is 34.3 Å². The van der Waals surface area contributed by atoms with Gasteiger partial charge in [-0.05, 0) is 37.6 Å². The Morgan fingerprint density at radius 2 is 2.25 bits per heavy atom. The molecule has 0 aliphatic carbocycles. The zero-order valence-electron chi connectivity index (χ0n) is 9.17. The molecule has 1 aliphatic heterocycles. The average molecular weight is 309 g/mol. The second-order valence-electron chi connectivity index (χ2n) is 4.36. The molecule has 90 valence electrons. The molecule has 0 spiro atoms. The average Bonchev–Trinajstić information content (AvgIpc) is 2.17. The van der Waals surface area contributed by atoms with Crippen LogP contribution >= 0.6 is 28.3 Å². The summed E-state index contributed by atoms with van der Waals surface area (Å²) in [4.78, 5) is 0. The lowest BCUT2D eigenvalue weighted by Crippen LogP contribution is -2.46. The lowest BCUT2D eigenvalue weighted by Gasteiger charge is -2.37. The number of halogens is 3. The number of nitrogens with one attached hydrogen (secondary N) is 1. The maximum atomic E-state index is 13.4. The molecular weight excluding hydrogens is 292 g/mol. The van der Waals surface area contributed by atoms with Gasteiger partial charge in [-0.15, -0.1) is 12.4 Å². The van der Waals surface area contributed by atoms with Crippen LogP contribution < -0.4 is 5.32 Å². The molecule has 0 bridgehead atoms. The van der Waals surface area contributed by atoms with E-state index in [1.54, 1.807) is 0 Å². The van der Waals surface area contributed by atoms with Crippen molar-refractivity contribution in [2.45, 2.75) is 31.5 Å². The third-order valence-corrected chi connectivity index (χ3v) is 3.56. The number of benzene rings is 1. The molecule has 0 amide bonds. The van der Waals surface area contributed by atoms with Crippen LogP contribution in [0.15, 0.2) is 28.7 Å². The fourth-order valence-electron chi connectivity index (χ4n) is 2.17. The monoisotopic (exact) mass is 307 g/mol. The molecule has 0 saturated carbocycles. The lowest BCUT2D eigenvalue weighted by molar-refractivity contribution is 0.165. The van der Waals surface area contributed by atoms with Crippen molar-refractivity contribution in [3.63, 3.8) is 0 Å². The lowest BCUT2D eigenvalue weighted by atomic mass is 9.83. The molecule has 1 saturated heterocycles. The third-order valence-electron chi connectivity index (χ3n) is 3.06. The molecule has 2 rings (SSSR count). The van der Waals surface area contributed by atoms with Gasteiger partial charge in [0.15, 0.2) is 0 Å². The van der Waals surface area contributed by atoms with Gasteiger partial charge in [0.25, 0.3) is 0 Å². The Hall–Kier alpha value is -0.120. The highest BCUT2D eigenvalue weighted by Crippen LogP contribution is 2.32. The van der Waals surface area contributed by atoms with Crippen molar-refractivity contribution in [2.24, 2.45) is 0 Å². The van der Waals surface area contributed by atoms with Crippen LogP contribution in [0.25, 0.3) is 0 Å². The van der Waals surface area contributed by atoms with E-state index in [0.717, 1.165) is 16.6 Å². The Labute approximate surface area is 110 Å². The Balaban J connectivity index is 0.00000128. The molecule has 1 heterocycles. The minimum Gasteiger partial charge on any atom is -0.307 e. The number of alkyl halides is 1. The van der Waals surface area contributed by atoms with E-state index >= 15 is 0 Å². The molecule has 0 radical (unpaired) electrons. The zero-order chi connectivity index (χ0) is 10.9. The van der Waals surface area contributed by atoms with Crippen LogP contribution in [0.4, 0.5) is 4.39 Å². The fourth-order valence-corrected chi connectivity index (χ4v) is 2.57. The van der Waals surface area contributed by atoms with Crippen LogP contribution in [0.2, 0.25) is 0 Å². The van der Waals surface area contributed by atoms with Gasteiger partial charge in [0, 0.05) is 16.4 Å². The molecule has 16 heavy (non-hydrogen) atoms. The summed E-state index contributed by atoms with van der Waals surface area (Å²) in [5.41, 5.74) is 0.931. The smallest absolute Gasteiger partial charge is 0.103 e. The fraction of sp³-hybridized carbons (Fsp3) is 0.500. The minimum absolute atomic E-state index is 0. The Morgan fingerprint density at radius 1 is 1.50 bits per heavy atom. The highest BCUT2D eigenvalue weighted by atomic mass is 79.9. The van der Waals surface area contributed by atoms with Crippen molar-refractivity contribution >= 4 is 28.3 Å². The predicted molar refractivity (Wildman–Crippen MR) is 70.9 cm³/mol. The van der Waals surface area contributed by atoms with Crippen LogP contribution in [0.5, 0.6) is 0 Å². The van der Waals surface area contributed by atoms with Gasteiger partial charge >= 0.3 is 0 Å². The summed E-state index contributed by atoms with van der Waals surface area (Å²) in [7, 11) is 0. The maximum Gasteiger partial charge on any atom is 0.103 e. The Kier molecular flexibility index (Phi) is 4.77. The van der Waals surface area contributed by atoms with E-state index < -0.39 is 6.17 Å². The predicted octanol–water partition coefficient (Wildman–Crippen LogP) is 3.81. The quantitative estimate of drug-likeness (QED) is 0.832. The van der Waals surface area contributed by atoms with Crippen molar-refractivity contribution in [1.82, 2.24) is 5.32 Å². The largest absolute Gasteiger partial charge is 0.307 e. The first-order valence-corrected chi connectivity index (χ1v) is 6.05. The van der Waals surface area contributed by atoms with Gasteiger partial charge in [0.05, 0.1) is 0 Å². The molecule has 4 heteroatoms. The molecule has 2 unspecified atom stereocenters. The van der Waals surface area contributed by atoms with E-state index in [0.29, 0.717) is 12.8 Å². The molecule has 1 nitrogen and oxygen atoms in total. The highest BCUT2D eigenvalue weighted by Gasteiger charge is 2.33. The van der Waals surface area contributed by atoms with Crippen molar-refractivity contribution < 1.29 is 4.39 Å². The van der Waals surface area contributed by atoms with E-state index in [9.17, 15) is 4.39 Å². The second-order valence-corrected chi connectivity index (χ2v) is 5.27. The maximum absolute atomic E-state index is 13.4. The molecule has 1 aliphatic rings. The minimum atomic E-state index is -0.685. The van der Waals surface area contributed by atoms with Crippen molar-refractivity contribution in [3.8, 4) is 0 Å². The summed E-state index contributed by atoms with van der Waals surface area (Å²) >= 11 is 3.45. The summed E-state index contributed by atoms with van der Waals surface area (Å²) in [6.07, 6.45) is 0.503. The molecule has 1 N–H and O–H groups in total. The van der Waals surface area contributed by atoms with Crippen LogP contribution in [0.3, 0.4) is 0 Å². The van der Waals surface area contributed by atoms with Gasteiger partial charge in [-0.2, -0.15) is 0 Å². The summed E-state index contributed by atoms with van der Waals surface area (Å²) < 4.78 is 14.5. The first kappa shape index (κ1) is 13.9. The third kappa shape index (κ3) is 2.96. The van der Waals surface area contributed by atoms with Gasteiger partial charge in [0.1, 0.15) is 6.17 Å². The molecule has 1 aromatic rings. The van der Waals surface area contributed by atoms with Crippen LogP contribution in [-0.4, -0.2) is 12.7 Å². The van der Waals surface area contributed by atoms with Gasteiger partial charge in [-0.3, -0.25) is 0 Å². The van der Waals surface area contributed by atoms with Gasteiger partial charge in [-0.1, -0.05) is 28.1 Å². The number of hydrogen-bond donors (Lipinski definition) is 1. The topological polar surface area (TPSA) is 12.0 Å². The number of piperidine rings is 1. The summed E-state index contributed by atoms with van der Waals surface area (Å²) in [6.45, 7) is 2.82. The van der Waals surface area contributed by atoms with E-state index in [1.807, 2.05) is 12.1 Å². The molecular formula is C12H16BrClFN. The zero-order valence-corrected chi connectivity index (χ0v) is 11.6. The standard InChI is InChI=1S/C12H15BrFN.ClH/c1-12(8-11(14)5-6-15-12)9-3-2-4-10(13)7-9;/h2-4,7,11,15H,5-6,8H2,1H3;1H. The Morgan fingerprint density at radius 3 is 2.88 bits per heavy atom. The van der Waals surface area contributed by atoms with Crippen LogP contribution in [0, 0.1) is 0 Å². The van der Waals surface area contributed by atoms with Crippen LogP contribution in [0.1, 0.15) is 25.3 Å². The van der Waals surface area contributed by atoms with E-state index in [2.05, 4.69) is 40.3 Å². The Bertz CT molecular complexity index is 361. The summed E-state index contributed by atoms with van der Waals surface area (Å²) in [5.74, 6) is 0. The van der Waals surface area contributed by atoms with E-state index in [-0.39, 0.29) is 17.9 Å². The first-order chi connectivity index (χ1) is 7.10. The first-order valence-electron chi connectivity index (χ1n) is 5.25. The molecule has 0 aromatic heterocycles. The van der Waals surface area contributed by atoms with Gasteiger partial charge < -0.3 is 5.32 Å². The van der Waals surface area contributed by atoms with Crippen molar-refractivity contribution in [1.29, 1.82) is 0 Å². The molecule has 1 aromatic carbocycles. The summed E-state index contributed by atoms with van der Waals surface area (Å²) in [5, 5.41) is 3.41. The van der Waals surface area contributed by atoms with Crippen molar-refractivity contribution in [2.75, 3.05) is 6.54 Å². The summed E-state index contributed by atoms with van der Waals surface area (Å²) in [6, 6.07) is 8.09. The number of rotatable bonds is 1. The highest BCUT2D eigenvalue weighted by molar-refractivity contribution is 9.10. The SMILES string of the molecule is CC1(c2cccc(Br)c2)CC(F)CCN1.Cl. The number of hydrogen-bond acceptors (Lipinski definition) is 1. The van der Waals surface area contributed by atoms with E-state index in [4.69, 9.17) is 0 Å². The second kappa shape index (κ2) is 5.48. The molecule has 2 atom stereocenters. The van der Waals surface area contributed by atoms with Gasteiger partial charge in [-0.25, -0.2) is 4.39 Å². The van der Waals surface area contributed by atoms with Gasteiger partial charge in [0.2, 0.25) is 0 Å². The van der Waals surface area contributed by atoms with E-state index in [1.165, 1.54) is 0 Å². The normalized spacial score (nSPS) is 29.6. The molecule has 1 fully saturated rings. The van der Waals surface area contributed by atoms with Crippen LogP contribution in [-0.2, 0) is 5.54 Å².